The number of aryl methyl sites for hydroxylation is 2. The summed E-state index contributed by atoms with van der Waals surface area (Å²) in [6, 6.07) is 5.83. The zero-order chi connectivity index (χ0) is 18.1. The van der Waals surface area contributed by atoms with Crippen LogP contribution in [0.5, 0.6) is 0 Å². The van der Waals surface area contributed by atoms with Gasteiger partial charge in [-0.25, -0.2) is 4.98 Å². The van der Waals surface area contributed by atoms with Crippen LogP contribution in [0.15, 0.2) is 24.3 Å². The number of para-hydroxylation sites is 1. The summed E-state index contributed by atoms with van der Waals surface area (Å²) >= 11 is 1.49. The highest BCUT2D eigenvalue weighted by Gasteiger charge is 2.29. The summed E-state index contributed by atoms with van der Waals surface area (Å²) in [6.45, 7) is 0. The highest BCUT2D eigenvalue weighted by molar-refractivity contribution is 7.15. The van der Waals surface area contributed by atoms with Gasteiger partial charge in [0.25, 0.3) is 5.91 Å². The molecule has 1 aromatic heterocycles. The van der Waals surface area contributed by atoms with E-state index in [2.05, 4.69) is 20.9 Å². The molecule has 26 heavy (non-hydrogen) atoms. The van der Waals surface area contributed by atoms with Crippen molar-refractivity contribution in [1.82, 2.24) is 10.3 Å². The molecule has 1 aliphatic carbocycles. The number of nitrogens with one attached hydrogen (secondary N) is 3. The number of hydrogen-bond acceptors (Lipinski definition) is 5. The molecule has 0 unspecified atom stereocenters. The van der Waals surface area contributed by atoms with Crippen LogP contribution < -0.4 is 16.0 Å². The van der Waals surface area contributed by atoms with Crippen molar-refractivity contribution in [2.45, 2.75) is 38.1 Å². The Morgan fingerprint density at radius 1 is 1.23 bits per heavy atom. The molecule has 0 saturated carbocycles. The number of aromatic nitrogens is 1. The summed E-state index contributed by atoms with van der Waals surface area (Å²) in [5.74, 6) is -1.12. The van der Waals surface area contributed by atoms with Gasteiger partial charge in [0, 0.05) is 4.88 Å². The van der Waals surface area contributed by atoms with Crippen molar-refractivity contribution in [2.24, 2.45) is 0 Å². The van der Waals surface area contributed by atoms with E-state index in [1.54, 1.807) is 24.3 Å². The largest absolute Gasteiger partial charge is 0.340 e. The molecule has 134 valence electrons. The van der Waals surface area contributed by atoms with Crippen molar-refractivity contribution in [2.75, 3.05) is 10.6 Å². The van der Waals surface area contributed by atoms with E-state index in [0.717, 1.165) is 31.4 Å². The summed E-state index contributed by atoms with van der Waals surface area (Å²) in [5, 5.41) is 8.64. The van der Waals surface area contributed by atoms with Crippen LogP contribution in [0.4, 0.5) is 10.8 Å². The molecule has 0 fully saturated rings. The molecule has 4 rings (SSSR count). The van der Waals surface area contributed by atoms with E-state index in [0.29, 0.717) is 16.4 Å². The lowest BCUT2D eigenvalue weighted by Gasteiger charge is -2.13. The number of rotatable bonds is 3. The van der Waals surface area contributed by atoms with Crippen LogP contribution in [0.2, 0.25) is 0 Å². The fraction of sp³-hybridized carbons (Fsp3) is 0.333. The fourth-order valence-electron chi connectivity index (χ4n) is 3.22. The van der Waals surface area contributed by atoms with Gasteiger partial charge in [-0.1, -0.05) is 12.1 Å². The third-order valence-corrected chi connectivity index (χ3v) is 5.61. The Kier molecular flexibility index (Phi) is 4.42. The third-order valence-electron chi connectivity index (χ3n) is 4.53. The van der Waals surface area contributed by atoms with E-state index in [4.69, 9.17) is 0 Å². The maximum absolute atomic E-state index is 12.4. The molecule has 8 heteroatoms. The first-order chi connectivity index (χ1) is 12.6. The molecule has 2 aromatic rings. The standard InChI is InChI=1S/C18H18N4O3S/c23-15(22-18-21-12-7-3-4-8-14(12)26-18)9-13-17(25)19-11-6-2-1-5-10(11)16(24)20-13/h1-2,5-6,13H,3-4,7-9H2,(H,19,25)(H,20,24)(H,21,22,23)/t13-/m0/s1. The Hall–Kier alpha value is -2.74. The first-order valence-corrected chi connectivity index (χ1v) is 9.41. The normalized spacial score (nSPS) is 18.8. The number of carbonyl (C=O) groups excluding carboxylic acids is 3. The molecule has 2 aliphatic rings. The molecular weight excluding hydrogens is 352 g/mol. The predicted molar refractivity (Wildman–Crippen MR) is 98.3 cm³/mol. The molecule has 3 amide bonds. The number of anilines is 2. The lowest BCUT2D eigenvalue weighted by Crippen LogP contribution is -2.43. The lowest BCUT2D eigenvalue weighted by molar-refractivity contribution is -0.122. The van der Waals surface area contributed by atoms with Crippen molar-refractivity contribution in [3.05, 3.63) is 40.4 Å². The minimum Gasteiger partial charge on any atom is -0.340 e. The van der Waals surface area contributed by atoms with Gasteiger partial charge in [0.1, 0.15) is 6.04 Å². The van der Waals surface area contributed by atoms with E-state index in [1.807, 2.05) is 0 Å². The number of hydrogen-bond donors (Lipinski definition) is 3. The van der Waals surface area contributed by atoms with Crippen LogP contribution in [0, 0.1) is 0 Å². The fourth-order valence-corrected chi connectivity index (χ4v) is 4.28. The van der Waals surface area contributed by atoms with Gasteiger partial charge in [0.15, 0.2) is 5.13 Å². The van der Waals surface area contributed by atoms with Crippen LogP contribution in [0.1, 0.15) is 40.2 Å². The van der Waals surface area contributed by atoms with Gasteiger partial charge in [-0.15, -0.1) is 11.3 Å². The third kappa shape index (κ3) is 3.32. The summed E-state index contributed by atoms with van der Waals surface area (Å²) in [4.78, 5) is 42.7. The molecular formula is C18H18N4O3S. The zero-order valence-corrected chi connectivity index (χ0v) is 14.8. The molecule has 7 nitrogen and oxygen atoms in total. The summed E-state index contributed by atoms with van der Waals surface area (Å²) < 4.78 is 0. The van der Waals surface area contributed by atoms with Crippen molar-refractivity contribution < 1.29 is 14.4 Å². The number of amides is 3. The second kappa shape index (κ2) is 6.87. The van der Waals surface area contributed by atoms with Crippen molar-refractivity contribution in [1.29, 1.82) is 0 Å². The Morgan fingerprint density at radius 2 is 2.04 bits per heavy atom. The predicted octanol–water partition coefficient (Wildman–Crippen LogP) is 2.10. The van der Waals surface area contributed by atoms with Crippen LogP contribution in [-0.2, 0) is 22.4 Å². The van der Waals surface area contributed by atoms with Crippen LogP contribution in [0.25, 0.3) is 0 Å². The number of nitrogens with zero attached hydrogens (tertiary/aromatic N) is 1. The summed E-state index contributed by atoms with van der Waals surface area (Å²) in [5.41, 5.74) is 1.90. The van der Waals surface area contributed by atoms with E-state index >= 15 is 0 Å². The molecule has 0 saturated heterocycles. The zero-order valence-electron chi connectivity index (χ0n) is 14.0. The Balaban J connectivity index is 1.43. The van der Waals surface area contributed by atoms with E-state index in [9.17, 15) is 14.4 Å². The van der Waals surface area contributed by atoms with Gasteiger partial charge in [-0.2, -0.15) is 0 Å². The Morgan fingerprint density at radius 3 is 2.88 bits per heavy atom. The average molecular weight is 370 g/mol. The van der Waals surface area contributed by atoms with Gasteiger partial charge in [-0.3, -0.25) is 14.4 Å². The molecule has 0 radical (unpaired) electrons. The number of benzene rings is 1. The second-order valence-corrected chi connectivity index (χ2v) is 7.49. The van der Waals surface area contributed by atoms with E-state index in [-0.39, 0.29) is 18.2 Å². The second-order valence-electron chi connectivity index (χ2n) is 6.41. The monoisotopic (exact) mass is 370 g/mol. The van der Waals surface area contributed by atoms with Gasteiger partial charge in [0.2, 0.25) is 11.8 Å². The van der Waals surface area contributed by atoms with Crippen LogP contribution in [-0.4, -0.2) is 28.7 Å². The maximum Gasteiger partial charge on any atom is 0.254 e. The molecule has 1 aromatic carbocycles. The van der Waals surface area contributed by atoms with E-state index in [1.165, 1.54) is 16.2 Å². The first-order valence-electron chi connectivity index (χ1n) is 8.59. The highest BCUT2D eigenvalue weighted by Crippen LogP contribution is 2.29. The van der Waals surface area contributed by atoms with Gasteiger partial charge < -0.3 is 16.0 Å². The number of carbonyl (C=O) groups is 3. The van der Waals surface area contributed by atoms with Gasteiger partial charge in [0.05, 0.1) is 23.4 Å². The average Bonchev–Trinajstić information content (AvgIpc) is 2.98. The molecule has 3 N–H and O–H groups in total. The SMILES string of the molecule is O=C(C[C@@H]1NC(=O)c2ccccc2NC1=O)Nc1nc2c(s1)CCCC2. The molecule has 1 aliphatic heterocycles. The lowest BCUT2D eigenvalue weighted by atomic mass is 10.0. The van der Waals surface area contributed by atoms with Crippen molar-refractivity contribution in [3.63, 3.8) is 0 Å². The molecule has 1 atom stereocenters. The number of fused-ring (bicyclic) bond motifs is 2. The minimum atomic E-state index is -0.926. The molecule has 0 bridgehead atoms. The van der Waals surface area contributed by atoms with Gasteiger partial charge in [-0.05, 0) is 37.8 Å². The summed E-state index contributed by atoms with van der Waals surface area (Å²) in [7, 11) is 0. The first kappa shape index (κ1) is 16.7. The number of thiazole rings is 1. The molecule has 0 spiro atoms. The minimum absolute atomic E-state index is 0.143. The Bertz CT molecular complexity index is 869. The quantitative estimate of drug-likeness (QED) is 0.770. The van der Waals surface area contributed by atoms with Crippen LogP contribution >= 0.6 is 11.3 Å². The van der Waals surface area contributed by atoms with E-state index < -0.39 is 11.9 Å². The van der Waals surface area contributed by atoms with Crippen molar-refractivity contribution >= 4 is 39.9 Å². The Labute approximate surface area is 154 Å². The highest BCUT2D eigenvalue weighted by atomic mass is 32.1. The van der Waals surface area contributed by atoms with Gasteiger partial charge >= 0.3 is 0 Å². The van der Waals surface area contributed by atoms with Crippen LogP contribution in [0.3, 0.4) is 0 Å². The topological polar surface area (TPSA) is 100 Å². The van der Waals surface area contributed by atoms with Crippen molar-refractivity contribution in [3.8, 4) is 0 Å². The maximum atomic E-state index is 12.4. The summed E-state index contributed by atoms with van der Waals surface area (Å²) in [6.07, 6.45) is 4.08. The molecule has 2 heterocycles. The smallest absolute Gasteiger partial charge is 0.254 e.